The molecule has 9 heteroatoms. The highest BCUT2D eigenvalue weighted by molar-refractivity contribution is 7.82. The molecular formula is C25H30ClFN2O4S. The van der Waals surface area contributed by atoms with Gasteiger partial charge in [-0.1, -0.05) is 23.7 Å². The van der Waals surface area contributed by atoms with Gasteiger partial charge in [-0.3, -0.25) is 14.3 Å². The van der Waals surface area contributed by atoms with Crippen molar-refractivity contribution in [1.82, 2.24) is 9.62 Å². The number of hydrogen-bond acceptors (Lipinski definition) is 4. The minimum Gasteiger partial charge on any atom is -0.493 e. The van der Waals surface area contributed by atoms with Crippen molar-refractivity contribution in [2.75, 3.05) is 26.0 Å². The molecule has 0 spiro atoms. The van der Waals surface area contributed by atoms with Gasteiger partial charge in [-0.2, -0.15) is 0 Å². The number of benzene rings is 2. The van der Waals surface area contributed by atoms with Crippen LogP contribution in [0.5, 0.6) is 5.75 Å². The largest absolute Gasteiger partial charge is 0.493 e. The highest BCUT2D eigenvalue weighted by atomic mass is 35.5. The number of piperidine rings is 1. The van der Waals surface area contributed by atoms with E-state index < -0.39 is 22.7 Å². The van der Waals surface area contributed by atoms with Crippen LogP contribution in [0.2, 0.25) is 5.02 Å². The zero-order chi connectivity index (χ0) is 24.7. The van der Waals surface area contributed by atoms with Crippen molar-refractivity contribution in [3.63, 3.8) is 0 Å². The van der Waals surface area contributed by atoms with Crippen molar-refractivity contribution in [3.05, 3.63) is 63.9 Å². The minimum atomic E-state index is -1.55. The molecule has 1 atom stereocenters. The van der Waals surface area contributed by atoms with Gasteiger partial charge in [-0.05, 0) is 73.8 Å². The highest BCUT2D eigenvalue weighted by Gasteiger charge is 2.30. The summed E-state index contributed by atoms with van der Waals surface area (Å²) in [7, 11) is -1.55. The fraction of sp³-hybridized carbons (Fsp3) is 0.440. The maximum atomic E-state index is 14.4. The number of nitrogens with zero attached hydrogens (tertiary/aromatic N) is 1. The van der Waals surface area contributed by atoms with Crippen LogP contribution in [0, 0.1) is 18.7 Å². The zero-order valence-corrected chi connectivity index (χ0v) is 21.0. The number of aryl methyl sites for hydroxylation is 1. The van der Waals surface area contributed by atoms with E-state index in [1.165, 1.54) is 24.0 Å². The number of hydrogen-bond donors (Lipinski definition) is 1. The van der Waals surface area contributed by atoms with E-state index >= 15 is 0 Å². The molecule has 184 valence electrons. The third kappa shape index (κ3) is 7.81. The fourth-order valence-electron chi connectivity index (χ4n) is 3.81. The van der Waals surface area contributed by atoms with Gasteiger partial charge >= 0.3 is 0 Å². The summed E-state index contributed by atoms with van der Waals surface area (Å²) in [4.78, 5) is 24.5. The molecule has 1 N–H and O–H groups in total. The molecule has 2 fully saturated rings. The van der Waals surface area contributed by atoms with Crippen LogP contribution in [0.1, 0.15) is 53.1 Å². The summed E-state index contributed by atoms with van der Waals surface area (Å²) < 4.78 is 33.7. The Morgan fingerprint density at radius 1 is 1.24 bits per heavy atom. The standard InChI is InChI=1S/C18H23FN2O4S.C7H7Cl/c1-26(24)20-18(23)15-8-14(13-2-3-13)17(9-16(15)19)25-10-12-4-6-21(11-22)7-5-12;1-6-3-2-4-7(8)5-6/h8-9,11-13H,2-7,10H2,1H3,(H,20,23);2-5H,1H3. The zero-order valence-electron chi connectivity index (χ0n) is 19.4. The molecule has 1 saturated heterocycles. The highest BCUT2D eigenvalue weighted by Crippen LogP contribution is 2.45. The molecule has 1 unspecified atom stereocenters. The lowest BCUT2D eigenvalue weighted by atomic mass is 9.98. The first kappa shape index (κ1) is 26.2. The molecule has 4 rings (SSSR count). The summed E-state index contributed by atoms with van der Waals surface area (Å²) in [6.45, 7) is 3.92. The van der Waals surface area contributed by atoms with Gasteiger partial charge in [0, 0.05) is 30.4 Å². The van der Waals surface area contributed by atoms with Crippen LogP contribution >= 0.6 is 11.6 Å². The van der Waals surface area contributed by atoms with E-state index in [2.05, 4.69) is 4.72 Å². The molecule has 2 amide bonds. The van der Waals surface area contributed by atoms with E-state index in [-0.39, 0.29) is 11.5 Å². The number of likely N-dealkylation sites (tertiary alicyclic amines) is 1. The Hall–Kier alpha value is -2.45. The summed E-state index contributed by atoms with van der Waals surface area (Å²) in [5.74, 6) is -0.272. The minimum absolute atomic E-state index is 0.103. The lowest BCUT2D eigenvalue weighted by Crippen LogP contribution is -2.34. The average Bonchev–Trinajstić information content (AvgIpc) is 3.63. The first-order chi connectivity index (χ1) is 16.3. The summed E-state index contributed by atoms with van der Waals surface area (Å²) in [5, 5.41) is 0.810. The molecule has 0 aromatic heterocycles. The van der Waals surface area contributed by atoms with Gasteiger partial charge in [-0.15, -0.1) is 0 Å². The van der Waals surface area contributed by atoms with Crippen LogP contribution in [0.15, 0.2) is 36.4 Å². The molecule has 1 aliphatic heterocycles. The third-order valence-electron chi connectivity index (χ3n) is 5.85. The fourth-order valence-corrected chi connectivity index (χ4v) is 4.42. The van der Waals surface area contributed by atoms with Gasteiger partial charge < -0.3 is 9.64 Å². The molecule has 34 heavy (non-hydrogen) atoms. The Morgan fingerprint density at radius 2 is 1.94 bits per heavy atom. The van der Waals surface area contributed by atoms with E-state index in [0.717, 1.165) is 42.7 Å². The van der Waals surface area contributed by atoms with Crippen molar-refractivity contribution < 1.29 is 22.9 Å². The van der Waals surface area contributed by atoms with Crippen molar-refractivity contribution in [1.29, 1.82) is 0 Å². The lowest BCUT2D eigenvalue weighted by molar-refractivity contribution is -0.119. The molecule has 2 aromatic rings. The molecule has 6 nitrogen and oxygen atoms in total. The average molecular weight is 509 g/mol. The second-order valence-corrected chi connectivity index (χ2v) is 10.3. The Bertz CT molecular complexity index is 1020. The van der Waals surface area contributed by atoms with E-state index in [9.17, 15) is 18.2 Å². The number of nitrogens with one attached hydrogen (secondary N) is 1. The smallest absolute Gasteiger partial charge is 0.265 e. The van der Waals surface area contributed by atoms with Crippen LogP contribution in [-0.2, 0) is 15.8 Å². The van der Waals surface area contributed by atoms with E-state index in [1.54, 1.807) is 4.90 Å². The molecule has 1 saturated carbocycles. The molecule has 1 heterocycles. The first-order valence-corrected chi connectivity index (χ1v) is 13.2. The Balaban J connectivity index is 0.000000343. The maximum absolute atomic E-state index is 14.4. The van der Waals surface area contributed by atoms with Crippen LogP contribution in [0.4, 0.5) is 4.39 Å². The van der Waals surface area contributed by atoms with Crippen molar-refractivity contribution in [2.24, 2.45) is 5.92 Å². The van der Waals surface area contributed by atoms with Gasteiger partial charge in [0.1, 0.15) is 22.6 Å². The second kappa shape index (κ2) is 12.3. The van der Waals surface area contributed by atoms with Gasteiger partial charge in [0.2, 0.25) is 6.41 Å². The van der Waals surface area contributed by atoms with Gasteiger partial charge in [0.05, 0.1) is 12.2 Å². The molecule has 2 aliphatic rings. The van der Waals surface area contributed by atoms with Crippen molar-refractivity contribution in [3.8, 4) is 5.75 Å². The van der Waals surface area contributed by atoms with Gasteiger partial charge in [0.25, 0.3) is 5.91 Å². The van der Waals surface area contributed by atoms with Crippen molar-refractivity contribution >= 4 is 34.9 Å². The third-order valence-corrected chi connectivity index (χ3v) is 6.56. The molecule has 0 bridgehead atoms. The van der Waals surface area contributed by atoms with Crippen LogP contribution in [0.3, 0.4) is 0 Å². The SMILES string of the molecule is CS(=O)NC(=O)c1cc(C2CC2)c(OCC2CCN(C=O)CC2)cc1F.Cc1cccc(Cl)c1. The number of carbonyl (C=O) groups is 2. The molecule has 1 aliphatic carbocycles. The molecular weight excluding hydrogens is 479 g/mol. The molecule has 2 aromatic carbocycles. The van der Waals surface area contributed by atoms with E-state index in [0.29, 0.717) is 31.4 Å². The number of rotatable bonds is 7. The first-order valence-electron chi connectivity index (χ1n) is 11.3. The second-order valence-electron chi connectivity index (χ2n) is 8.72. The predicted octanol–water partition coefficient (Wildman–Crippen LogP) is 4.62. The van der Waals surface area contributed by atoms with E-state index in [4.69, 9.17) is 16.3 Å². The van der Waals surface area contributed by atoms with Crippen LogP contribution in [-0.4, -0.2) is 47.4 Å². The summed E-state index contributed by atoms with van der Waals surface area (Å²) in [6, 6.07) is 10.6. The normalized spacial score (nSPS) is 16.8. The number of ether oxygens (including phenoxy) is 1. The summed E-state index contributed by atoms with van der Waals surface area (Å²) in [5.41, 5.74) is 1.94. The maximum Gasteiger partial charge on any atom is 0.265 e. The van der Waals surface area contributed by atoms with Gasteiger partial charge in [-0.25, -0.2) is 8.60 Å². The number of halogens is 2. The monoisotopic (exact) mass is 508 g/mol. The van der Waals surface area contributed by atoms with Crippen LogP contribution in [0.25, 0.3) is 0 Å². The molecule has 0 radical (unpaired) electrons. The van der Waals surface area contributed by atoms with Crippen molar-refractivity contribution in [2.45, 2.75) is 38.5 Å². The Morgan fingerprint density at radius 3 is 2.47 bits per heavy atom. The quantitative estimate of drug-likeness (QED) is 0.554. The predicted molar refractivity (Wildman–Crippen MR) is 132 cm³/mol. The van der Waals surface area contributed by atoms with E-state index in [1.807, 2.05) is 31.2 Å². The summed E-state index contributed by atoms with van der Waals surface area (Å²) in [6.07, 6.45) is 5.89. The summed E-state index contributed by atoms with van der Waals surface area (Å²) >= 11 is 5.64. The number of amides is 2. The van der Waals surface area contributed by atoms with Gasteiger partial charge in [0.15, 0.2) is 0 Å². The Kier molecular flexibility index (Phi) is 9.47. The Labute approximate surface area is 207 Å². The number of carbonyl (C=O) groups excluding carboxylic acids is 2. The van der Waals surface area contributed by atoms with Crippen LogP contribution < -0.4 is 9.46 Å². The topological polar surface area (TPSA) is 75.7 Å². The lowest BCUT2D eigenvalue weighted by Gasteiger charge is -2.29.